The molecule has 4 rings (SSSR count). The Bertz CT molecular complexity index is 910. The highest BCUT2D eigenvalue weighted by Gasteiger charge is 2.33. The topological polar surface area (TPSA) is 54.4 Å². The molecular weight excluding hydrogens is 390 g/mol. The number of amides is 1. The first-order chi connectivity index (χ1) is 14.1. The maximum Gasteiger partial charge on any atom is 0.267 e. The number of para-hydroxylation sites is 1. The van der Waals surface area contributed by atoms with E-state index in [1.165, 1.54) is 0 Å². The van der Waals surface area contributed by atoms with Crippen LogP contribution in [0.2, 0.25) is 5.02 Å². The number of halogens is 1. The predicted molar refractivity (Wildman–Crippen MR) is 114 cm³/mol. The van der Waals surface area contributed by atoms with Gasteiger partial charge in [0.2, 0.25) is 6.10 Å². The Morgan fingerprint density at radius 2 is 1.97 bits per heavy atom. The molecule has 0 aromatic heterocycles. The first kappa shape index (κ1) is 19.6. The molecule has 2 aromatic carbocycles. The number of oxime groups is 1. The molecule has 1 amide bonds. The number of carbonyl (C=O) groups excluding carboxylic acids is 1. The molecule has 2 aromatic rings. The van der Waals surface area contributed by atoms with Crippen molar-refractivity contribution in [2.45, 2.75) is 18.9 Å². The monoisotopic (exact) mass is 413 g/mol. The van der Waals surface area contributed by atoms with E-state index in [-0.39, 0.29) is 5.91 Å². The number of hydrogen-bond acceptors (Lipinski definition) is 5. The van der Waals surface area contributed by atoms with Crippen molar-refractivity contribution in [3.63, 3.8) is 0 Å². The van der Waals surface area contributed by atoms with Crippen LogP contribution in [0.3, 0.4) is 0 Å². The van der Waals surface area contributed by atoms with E-state index in [1.54, 1.807) is 7.11 Å². The number of methoxy groups -OCH3 is 1. The lowest BCUT2D eigenvalue weighted by molar-refractivity contribution is -0.142. The smallest absolute Gasteiger partial charge is 0.267 e. The van der Waals surface area contributed by atoms with Crippen LogP contribution >= 0.6 is 11.6 Å². The lowest BCUT2D eigenvalue weighted by Crippen LogP contribution is -2.51. The minimum atomic E-state index is -0.525. The SMILES string of the molecule is COc1cccc(CC2=NO[C@H](C(=O)N3CCN(c4ccccc4Cl)CC3)C2)c1. The van der Waals surface area contributed by atoms with Gasteiger partial charge in [-0.3, -0.25) is 4.79 Å². The van der Waals surface area contributed by atoms with E-state index in [0.29, 0.717) is 25.9 Å². The number of benzene rings is 2. The Hall–Kier alpha value is -2.73. The summed E-state index contributed by atoms with van der Waals surface area (Å²) >= 11 is 6.30. The second-order valence-electron chi connectivity index (χ2n) is 7.25. The third-order valence-electron chi connectivity index (χ3n) is 5.33. The fourth-order valence-corrected chi connectivity index (χ4v) is 4.02. The molecule has 1 atom stereocenters. The average molecular weight is 414 g/mol. The van der Waals surface area contributed by atoms with E-state index < -0.39 is 6.10 Å². The number of ether oxygens (including phenoxy) is 1. The molecule has 0 aliphatic carbocycles. The van der Waals surface area contributed by atoms with Gasteiger partial charge in [0, 0.05) is 39.0 Å². The standard InChI is InChI=1S/C22H24ClN3O3/c1-28-18-6-4-5-16(14-18)13-17-15-21(29-24-17)22(27)26-11-9-25(10-12-26)20-8-3-2-7-19(20)23/h2-8,14,21H,9-13,15H2,1H3/t21-/m0/s1. The van der Waals surface area contributed by atoms with Gasteiger partial charge in [-0.05, 0) is 29.8 Å². The Morgan fingerprint density at radius 3 is 2.72 bits per heavy atom. The summed E-state index contributed by atoms with van der Waals surface area (Å²) < 4.78 is 5.26. The van der Waals surface area contributed by atoms with Crippen molar-refractivity contribution in [2.75, 3.05) is 38.2 Å². The molecule has 0 N–H and O–H groups in total. The summed E-state index contributed by atoms with van der Waals surface area (Å²) in [6, 6.07) is 15.7. The zero-order valence-electron chi connectivity index (χ0n) is 16.4. The van der Waals surface area contributed by atoms with Crippen molar-refractivity contribution in [1.82, 2.24) is 4.90 Å². The zero-order chi connectivity index (χ0) is 20.2. The van der Waals surface area contributed by atoms with Gasteiger partial charge in [0.15, 0.2) is 0 Å². The lowest BCUT2D eigenvalue weighted by atomic mass is 10.0. The van der Waals surface area contributed by atoms with Gasteiger partial charge < -0.3 is 19.4 Å². The van der Waals surface area contributed by atoms with Gasteiger partial charge in [0.1, 0.15) is 5.75 Å². The van der Waals surface area contributed by atoms with Crippen LogP contribution in [0.1, 0.15) is 12.0 Å². The first-order valence-corrected chi connectivity index (χ1v) is 10.1. The molecule has 2 aliphatic rings. The second kappa shape index (κ2) is 8.74. The number of anilines is 1. The van der Waals surface area contributed by atoms with Gasteiger partial charge in [-0.25, -0.2) is 0 Å². The zero-order valence-corrected chi connectivity index (χ0v) is 17.1. The van der Waals surface area contributed by atoms with Crippen molar-refractivity contribution in [3.05, 3.63) is 59.1 Å². The molecule has 0 spiro atoms. The summed E-state index contributed by atoms with van der Waals surface area (Å²) in [4.78, 5) is 22.4. The Balaban J connectivity index is 1.29. The van der Waals surface area contributed by atoms with Gasteiger partial charge >= 0.3 is 0 Å². The predicted octanol–water partition coefficient (Wildman–Crippen LogP) is 3.38. The summed E-state index contributed by atoms with van der Waals surface area (Å²) in [5.74, 6) is 0.819. The maximum atomic E-state index is 12.9. The van der Waals surface area contributed by atoms with E-state index in [2.05, 4.69) is 10.1 Å². The van der Waals surface area contributed by atoms with Crippen LogP contribution in [0.4, 0.5) is 5.69 Å². The van der Waals surface area contributed by atoms with Crippen LogP contribution in [0.5, 0.6) is 5.75 Å². The van der Waals surface area contributed by atoms with Crippen molar-refractivity contribution >= 4 is 28.9 Å². The highest BCUT2D eigenvalue weighted by molar-refractivity contribution is 6.33. The highest BCUT2D eigenvalue weighted by atomic mass is 35.5. The fourth-order valence-electron chi connectivity index (χ4n) is 3.76. The molecule has 0 saturated carbocycles. The lowest BCUT2D eigenvalue weighted by Gasteiger charge is -2.37. The van der Waals surface area contributed by atoms with Gasteiger partial charge in [0.05, 0.1) is 23.5 Å². The molecule has 7 heteroatoms. The van der Waals surface area contributed by atoms with E-state index >= 15 is 0 Å². The number of nitrogens with zero attached hydrogens (tertiary/aromatic N) is 3. The molecule has 2 heterocycles. The van der Waals surface area contributed by atoms with Crippen molar-refractivity contribution < 1.29 is 14.4 Å². The van der Waals surface area contributed by atoms with Crippen LogP contribution in [0.25, 0.3) is 0 Å². The van der Waals surface area contributed by atoms with E-state index in [9.17, 15) is 4.79 Å². The van der Waals surface area contributed by atoms with Crippen molar-refractivity contribution in [1.29, 1.82) is 0 Å². The minimum Gasteiger partial charge on any atom is -0.497 e. The summed E-state index contributed by atoms with van der Waals surface area (Å²) in [5, 5.41) is 4.90. The second-order valence-corrected chi connectivity index (χ2v) is 7.65. The van der Waals surface area contributed by atoms with Crippen LogP contribution in [-0.2, 0) is 16.1 Å². The van der Waals surface area contributed by atoms with Gasteiger partial charge in [0.25, 0.3) is 5.91 Å². The summed E-state index contributed by atoms with van der Waals surface area (Å²) in [5.41, 5.74) is 2.99. The van der Waals surface area contributed by atoms with Crippen LogP contribution in [-0.4, -0.2) is 55.9 Å². The molecule has 0 bridgehead atoms. The largest absolute Gasteiger partial charge is 0.497 e. The number of piperazine rings is 1. The summed E-state index contributed by atoms with van der Waals surface area (Å²) in [7, 11) is 1.65. The van der Waals surface area contributed by atoms with Gasteiger partial charge in [-0.15, -0.1) is 0 Å². The molecule has 1 saturated heterocycles. The van der Waals surface area contributed by atoms with Crippen LogP contribution in [0.15, 0.2) is 53.7 Å². The third-order valence-corrected chi connectivity index (χ3v) is 5.65. The van der Waals surface area contributed by atoms with Gasteiger partial charge in [-0.2, -0.15) is 0 Å². The number of carbonyl (C=O) groups is 1. The molecule has 6 nitrogen and oxygen atoms in total. The summed E-state index contributed by atoms with van der Waals surface area (Å²) in [6.07, 6.45) is 0.657. The molecule has 29 heavy (non-hydrogen) atoms. The molecule has 0 unspecified atom stereocenters. The first-order valence-electron chi connectivity index (χ1n) is 9.77. The van der Waals surface area contributed by atoms with Crippen molar-refractivity contribution in [2.24, 2.45) is 5.16 Å². The molecule has 0 radical (unpaired) electrons. The molecule has 152 valence electrons. The van der Waals surface area contributed by atoms with E-state index in [4.69, 9.17) is 21.2 Å². The molecule has 1 fully saturated rings. The van der Waals surface area contributed by atoms with E-state index in [0.717, 1.165) is 40.8 Å². The fraction of sp³-hybridized carbons (Fsp3) is 0.364. The van der Waals surface area contributed by atoms with Crippen LogP contribution < -0.4 is 9.64 Å². The Kier molecular flexibility index (Phi) is 5.90. The maximum absolute atomic E-state index is 12.9. The normalized spacial score (nSPS) is 19.0. The average Bonchev–Trinajstić information content (AvgIpc) is 3.22. The molecule has 2 aliphatic heterocycles. The van der Waals surface area contributed by atoms with Crippen LogP contribution in [0, 0.1) is 0 Å². The molecular formula is C22H24ClN3O3. The number of hydrogen-bond donors (Lipinski definition) is 0. The Labute approximate surface area is 175 Å². The minimum absolute atomic E-state index is 0.00759. The Morgan fingerprint density at radius 1 is 1.17 bits per heavy atom. The highest BCUT2D eigenvalue weighted by Crippen LogP contribution is 2.26. The van der Waals surface area contributed by atoms with E-state index in [1.807, 2.05) is 53.4 Å². The van der Waals surface area contributed by atoms with Gasteiger partial charge in [-0.1, -0.05) is 41.0 Å². The number of rotatable bonds is 5. The van der Waals surface area contributed by atoms with Crippen molar-refractivity contribution in [3.8, 4) is 5.75 Å². The summed E-state index contributed by atoms with van der Waals surface area (Å²) in [6.45, 7) is 2.80. The quantitative estimate of drug-likeness (QED) is 0.754. The third kappa shape index (κ3) is 4.48.